The number of carbonyl (C=O) groups is 2. The molecule has 0 bridgehead atoms. The van der Waals surface area contributed by atoms with Gasteiger partial charge in [-0.2, -0.15) is 0 Å². The standard InChI is InChI=1S/C14H18N2O4/c1-8-3-6-10(13(15-8)20-2)12(17)16-11(14(18)19)7-9-4-5-9/h3,6,9,11H,4-5,7H2,1-2H3,(H,16,17)(H,18,19). The molecule has 1 aliphatic rings. The summed E-state index contributed by atoms with van der Waals surface area (Å²) >= 11 is 0. The zero-order valence-corrected chi connectivity index (χ0v) is 11.5. The number of methoxy groups -OCH3 is 1. The van der Waals surface area contributed by atoms with E-state index in [9.17, 15) is 9.59 Å². The second kappa shape index (κ2) is 5.90. The fraction of sp³-hybridized carbons (Fsp3) is 0.500. The molecule has 1 aromatic rings. The van der Waals surface area contributed by atoms with Crippen LogP contribution in [0.1, 0.15) is 35.3 Å². The second-order valence-corrected chi connectivity index (χ2v) is 5.05. The van der Waals surface area contributed by atoms with Crippen molar-refractivity contribution in [1.82, 2.24) is 10.3 Å². The third-order valence-electron chi connectivity index (χ3n) is 3.31. The number of pyridine rings is 1. The smallest absolute Gasteiger partial charge is 0.326 e. The number of amides is 1. The summed E-state index contributed by atoms with van der Waals surface area (Å²) in [5.74, 6) is -0.862. The third-order valence-corrected chi connectivity index (χ3v) is 3.31. The highest BCUT2D eigenvalue weighted by Crippen LogP contribution is 2.33. The van der Waals surface area contributed by atoms with Gasteiger partial charge in [-0.25, -0.2) is 9.78 Å². The van der Waals surface area contributed by atoms with Crippen LogP contribution in [0.5, 0.6) is 5.88 Å². The first kappa shape index (κ1) is 14.3. The van der Waals surface area contributed by atoms with Gasteiger partial charge in [0.15, 0.2) is 0 Å². The molecule has 0 aromatic carbocycles. The van der Waals surface area contributed by atoms with E-state index in [0.29, 0.717) is 12.3 Å². The molecule has 1 atom stereocenters. The summed E-state index contributed by atoms with van der Waals surface area (Å²) in [4.78, 5) is 27.4. The molecule has 6 nitrogen and oxygen atoms in total. The average molecular weight is 278 g/mol. The number of hydrogen-bond acceptors (Lipinski definition) is 4. The molecule has 1 aliphatic carbocycles. The van der Waals surface area contributed by atoms with Crippen LogP contribution in [0.25, 0.3) is 0 Å². The first-order valence-electron chi connectivity index (χ1n) is 6.56. The molecule has 1 unspecified atom stereocenters. The minimum atomic E-state index is -1.01. The van der Waals surface area contributed by atoms with Crippen molar-refractivity contribution in [1.29, 1.82) is 0 Å². The Hall–Kier alpha value is -2.11. The molecule has 6 heteroatoms. The number of aromatic nitrogens is 1. The lowest BCUT2D eigenvalue weighted by atomic mass is 10.1. The summed E-state index contributed by atoms with van der Waals surface area (Å²) in [7, 11) is 1.43. The SMILES string of the molecule is COc1nc(C)ccc1C(=O)NC(CC1CC1)C(=O)O. The Bertz CT molecular complexity index is 526. The summed E-state index contributed by atoms with van der Waals surface area (Å²) in [6, 6.07) is 2.42. The lowest BCUT2D eigenvalue weighted by molar-refractivity contribution is -0.139. The van der Waals surface area contributed by atoms with Crippen molar-refractivity contribution in [3.05, 3.63) is 23.4 Å². The lowest BCUT2D eigenvalue weighted by Crippen LogP contribution is -2.41. The predicted molar refractivity (Wildman–Crippen MR) is 71.8 cm³/mol. The van der Waals surface area contributed by atoms with Crippen LogP contribution >= 0.6 is 0 Å². The summed E-state index contributed by atoms with van der Waals surface area (Å²) in [5, 5.41) is 11.7. The van der Waals surface area contributed by atoms with Gasteiger partial charge in [-0.05, 0) is 31.4 Å². The Labute approximate surface area is 117 Å². The van der Waals surface area contributed by atoms with Crippen LogP contribution in [0.2, 0.25) is 0 Å². The number of aliphatic carboxylic acids is 1. The molecule has 1 saturated carbocycles. The maximum atomic E-state index is 12.2. The van der Waals surface area contributed by atoms with Crippen LogP contribution in [0.3, 0.4) is 0 Å². The van der Waals surface area contributed by atoms with Crippen LogP contribution in [-0.4, -0.2) is 35.1 Å². The molecule has 1 fully saturated rings. The van der Waals surface area contributed by atoms with Crippen LogP contribution in [0.15, 0.2) is 12.1 Å². The molecule has 108 valence electrons. The van der Waals surface area contributed by atoms with Gasteiger partial charge >= 0.3 is 5.97 Å². The van der Waals surface area contributed by atoms with Crippen LogP contribution in [0.4, 0.5) is 0 Å². The quantitative estimate of drug-likeness (QED) is 0.820. The van der Waals surface area contributed by atoms with Gasteiger partial charge in [0.25, 0.3) is 5.91 Å². The third kappa shape index (κ3) is 3.46. The Balaban J connectivity index is 2.11. The van der Waals surface area contributed by atoms with Crippen molar-refractivity contribution < 1.29 is 19.4 Å². The number of carboxylic acid groups (broad SMARTS) is 1. The Kier molecular flexibility index (Phi) is 4.22. The van der Waals surface area contributed by atoms with E-state index in [2.05, 4.69) is 10.3 Å². The summed E-state index contributed by atoms with van der Waals surface area (Å²) in [6.45, 7) is 1.79. The van der Waals surface area contributed by atoms with E-state index >= 15 is 0 Å². The van der Waals surface area contributed by atoms with E-state index in [4.69, 9.17) is 9.84 Å². The van der Waals surface area contributed by atoms with Gasteiger partial charge in [0.1, 0.15) is 11.6 Å². The molecule has 0 radical (unpaired) electrons. The molecule has 0 aliphatic heterocycles. The molecular weight excluding hydrogens is 260 g/mol. The molecule has 20 heavy (non-hydrogen) atoms. The zero-order valence-electron chi connectivity index (χ0n) is 11.5. The number of ether oxygens (including phenoxy) is 1. The van der Waals surface area contributed by atoms with Crippen LogP contribution in [0, 0.1) is 12.8 Å². The number of aryl methyl sites for hydroxylation is 1. The fourth-order valence-corrected chi connectivity index (χ4v) is 2.01. The summed E-state index contributed by atoms with van der Waals surface area (Å²) in [6.07, 6.45) is 2.55. The molecular formula is C14H18N2O4. The highest BCUT2D eigenvalue weighted by Gasteiger charge is 2.31. The first-order chi connectivity index (χ1) is 9.51. The minimum Gasteiger partial charge on any atom is -0.480 e. The van der Waals surface area contributed by atoms with Gasteiger partial charge < -0.3 is 15.2 Å². The van der Waals surface area contributed by atoms with E-state index in [1.807, 2.05) is 0 Å². The molecule has 1 aromatic heterocycles. The summed E-state index contributed by atoms with van der Waals surface area (Å²) in [5.41, 5.74) is 0.978. The number of carbonyl (C=O) groups excluding carboxylic acids is 1. The molecule has 0 saturated heterocycles. The maximum Gasteiger partial charge on any atom is 0.326 e. The Morgan fingerprint density at radius 2 is 2.20 bits per heavy atom. The van der Waals surface area contributed by atoms with E-state index in [1.54, 1.807) is 19.1 Å². The first-order valence-corrected chi connectivity index (χ1v) is 6.56. The number of nitrogens with one attached hydrogen (secondary N) is 1. The van der Waals surface area contributed by atoms with Crippen molar-refractivity contribution in [3.8, 4) is 5.88 Å². The molecule has 2 rings (SSSR count). The van der Waals surface area contributed by atoms with E-state index in [1.165, 1.54) is 7.11 Å². The highest BCUT2D eigenvalue weighted by atomic mass is 16.5. The Morgan fingerprint density at radius 3 is 2.75 bits per heavy atom. The average Bonchev–Trinajstić information content (AvgIpc) is 3.21. The molecule has 0 spiro atoms. The van der Waals surface area contributed by atoms with E-state index in [0.717, 1.165) is 18.5 Å². The Morgan fingerprint density at radius 1 is 1.50 bits per heavy atom. The van der Waals surface area contributed by atoms with Gasteiger partial charge in [0.05, 0.1) is 7.11 Å². The monoisotopic (exact) mass is 278 g/mol. The molecule has 1 amide bonds. The topological polar surface area (TPSA) is 88.5 Å². The lowest BCUT2D eigenvalue weighted by Gasteiger charge is -2.15. The maximum absolute atomic E-state index is 12.2. The summed E-state index contributed by atoms with van der Waals surface area (Å²) < 4.78 is 5.06. The fourth-order valence-electron chi connectivity index (χ4n) is 2.01. The molecule has 1 heterocycles. The van der Waals surface area contributed by atoms with Crippen molar-refractivity contribution >= 4 is 11.9 Å². The highest BCUT2D eigenvalue weighted by molar-refractivity contribution is 5.98. The van der Waals surface area contributed by atoms with E-state index < -0.39 is 17.9 Å². The van der Waals surface area contributed by atoms with Crippen molar-refractivity contribution in [3.63, 3.8) is 0 Å². The van der Waals surface area contributed by atoms with Crippen LogP contribution in [-0.2, 0) is 4.79 Å². The largest absolute Gasteiger partial charge is 0.480 e. The van der Waals surface area contributed by atoms with Crippen LogP contribution < -0.4 is 10.1 Å². The predicted octanol–water partition coefficient (Wildman–Crippen LogP) is 1.38. The van der Waals surface area contributed by atoms with Crippen molar-refractivity contribution in [2.75, 3.05) is 7.11 Å². The number of rotatable bonds is 6. The minimum absolute atomic E-state index is 0.207. The number of hydrogen-bond donors (Lipinski definition) is 2. The van der Waals surface area contributed by atoms with Gasteiger partial charge in [-0.15, -0.1) is 0 Å². The van der Waals surface area contributed by atoms with Crippen molar-refractivity contribution in [2.24, 2.45) is 5.92 Å². The second-order valence-electron chi connectivity index (χ2n) is 5.05. The van der Waals surface area contributed by atoms with Gasteiger partial charge in [0.2, 0.25) is 5.88 Å². The van der Waals surface area contributed by atoms with Crippen molar-refractivity contribution in [2.45, 2.75) is 32.2 Å². The normalized spacial score (nSPS) is 15.5. The van der Waals surface area contributed by atoms with Gasteiger partial charge in [-0.1, -0.05) is 12.8 Å². The molecule has 2 N–H and O–H groups in total. The van der Waals surface area contributed by atoms with E-state index in [-0.39, 0.29) is 11.4 Å². The number of nitrogens with zero attached hydrogens (tertiary/aromatic N) is 1. The number of carboxylic acids is 1. The van der Waals surface area contributed by atoms with Gasteiger partial charge in [0, 0.05) is 5.69 Å². The zero-order chi connectivity index (χ0) is 14.7. The van der Waals surface area contributed by atoms with Gasteiger partial charge in [-0.3, -0.25) is 4.79 Å².